The molecule has 1 rings (SSSR count). The first-order valence-corrected chi connectivity index (χ1v) is 7.86. The Morgan fingerprint density at radius 3 is 2.44 bits per heavy atom. The molecule has 18 heavy (non-hydrogen) atoms. The molecule has 0 atom stereocenters. The van der Waals surface area contributed by atoms with E-state index in [1.54, 1.807) is 13.8 Å². The van der Waals surface area contributed by atoms with Gasteiger partial charge in [-0.15, -0.1) is 0 Å². The van der Waals surface area contributed by atoms with Gasteiger partial charge in [0.15, 0.2) is 9.84 Å². The molecule has 1 heterocycles. The molecule has 6 nitrogen and oxygen atoms in total. The molecule has 1 aliphatic heterocycles. The van der Waals surface area contributed by atoms with Crippen LogP contribution >= 0.6 is 0 Å². The molecule has 1 saturated heterocycles. The summed E-state index contributed by atoms with van der Waals surface area (Å²) in [4.78, 5) is 11.6. The van der Waals surface area contributed by atoms with Crippen molar-refractivity contribution >= 4 is 15.7 Å². The Hall–Kier alpha value is -0.660. The number of ether oxygens (including phenoxy) is 1. The van der Waals surface area contributed by atoms with Crippen LogP contribution in [0.1, 0.15) is 26.7 Å². The number of carbonyl (C=O) groups is 1. The summed E-state index contributed by atoms with van der Waals surface area (Å²) in [6.07, 6.45) is 1.46. The minimum Gasteiger partial charge on any atom is -0.381 e. The second-order valence-electron chi connectivity index (χ2n) is 5.47. The Bertz CT molecular complexity index is 380. The lowest BCUT2D eigenvalue weighted by atomic mass is 10.1. The number of amides is 1. The average Bonchev–Trinajstić information content (AvgIpc) is 2.13. The zero-order valence-electron chi connectivity index (χ0n) is 10.9. The van der Waals surface area contributed by atoms with E-state index in [2.05, 4.69) is 5.32 Å². The Labute approximate surface area is 108 Å². The quantitative estimate of drug-likeness (QED) is 0.702. The van der Waals surface area contributed by atoms with Crippen molar-refractivity contribution in [3.05, 3.63) is 0 Å². The van der Waals surface area contributed by atoms with Crippen molar-refractivity contribution in [3.8, 4) is 0 Å². The number of nitrogens with two attached hydrogens (primary N) is 1. The van der Waals surface area contributed by atoms with Gasteiger partial charge in [0.05, 0.1) is 5.75 Å². The van der Waals surface area contributed by atoms with Crippen molar-refractivity contribution in [3.63, 3.8) is 0 Å². The molecule has 3 N–H and O–H groups in total. The highest BCUT2D eigenvalue weighted by Crippen LogP contribution is 2.07. The molecule has 1 fully saturated rings. The predicted molar refractivity (Wildman–Crippen MR) is 68.9 cm³/mol. The molecule has 0 aliphatic carbocycles. The van der Waals surface area contributed by atoms with Crippen LogP contribution in [-0.4, -0.2) is 50.6 Å². The Kier molecular flexibility index (Phi) is 5.12. The molecule has 1 amide bonds. The molecule has 0 bridgehead atoms. The van der Waals surface area contributed by atoms with Crippen LogP contribution in [0.4, 0.5) is 0 Å². The average molecular weight is 278 g/mol. The Balaban J connectivity index is 2.43. The van der Waals surface area contributed by atoms with Crippen LogP contribution < -0.4 is 11.1 Å². The van der Waals surface area contributed by atoms with E-state index in [0.29, 0.717) is 13.2 Å². The zero-order valence-corrected chi connectivity index (χ0v) is 11.8. The van der Waals surface area contributed by atoms with Crippen LogP contribution in [-0.2, 0) is 19.4 Å². The molecule has 0 unspecified atom stereocenters. The molecule has 1 aliphatic rings. The summed E-state index contributed by atoms with van der Waals surface area (Å²) < 4.78 is 28.6. The van der Waals surface area contributed by atoms with Gasteiger partial charge in [-0.2, -0.15) is 0 Å². The number of hydrogen-bond donors (Lipinski definition) is 2. The summed E-state index contributed by atoms with van der Waals surface area (Å²) in [6, 6.07) is 0.0207. The lowest BCUT2D eigenvalue weighted by Crippen LogP contribution is -2.45. The van der Waals surface area contributed by atoms with E-state index in [0.717, 1.165) is 12.8 Å². The monoisotopic (exact) mass is 278 g/mol. The maximum atomic E-state index is 11.7. The molecular weight excluding hydrogens is 256 g/mol. The minimum absolute atomic E-state index is 0.0207. The van der Waals surface area contributed by atoms with E-state index in [-0.39, 0.29) is 11.8 Å². The van der Waals surface area contributed by atoms with Crippen molar-refractivity contribution in [2.24, 2.45) is 5.73 Å². The fourth-order valence-corrected chi connectivity index (χ4v) is 3.65. The normalized spacial score (nSPS) is 18.6. The standard InChI is InChI=1S/C11H22N2O4S/c1-11(2,12)8-18(15,16)7-10(14)13-9-3-5-17-6-4-9/h9H,3-8,12H2,1-2H3,(H,13,14). The van der Waals surface area contributed by atoms with Crippen molar-refractivity contribution in [2.45, 2.75) is 38.3 Å². The lowest BCUT2D eigenvalue weighted by molar-refractivity contribution is -0.119. The third-order valence-electron chi connectivity index (χ3n) is 2.53. The van der Waals surface area contributed by atoms with Crippen LogP contribution in [0.5, 0.6) is 0 Å². The largest absolute Gasteiger partial charge is 0.381 e. The second-order valence-corrected chi connectivity index (χ2v) is 7.54. The van der Waals surface area contributed by atoms with Crippen LogP contribution in [0, 0.1) is 0 Å². The van der Waals surface area contributed by atoms with Gasteiger partial charge in [-0.3, -0.25) is 4.79 Å². The summed E-state index contributed by atoms with van der Waals surface area (Å²) in [5, 5.41) is 2.72. The fourth-order valence-electron chi connectivity index (χ4n) is 1.93. The summed E-state index contributed by atoms with van der Waals surface area (Å²) >= 11 is 0. The summed E-state index contributed by atoms with van der Waals surface area (Å²) in [6.45, 7) is 4.46. The van der Waals surface area contributed by atoms with E-state index < -0.39 is 27.0 Å². The summed E-state index contributed by atoms with van der Waals surface area (Å²) in [5.41, 5.74) is 4.83. The van der Waals surface area contributed by atoms with Gasteiger partial charge in [0.25, 0.3) is 0 Å². The van der Waals surface area contributed by atoms with Crippen molar-refractivity contribution in [1.82, 2.24) is 5.32 Å². The van der Waals surface area contributed by atoms with Crippen LogP contribution in [0.25, 0.3) is 0 Å². The van der Waals surface area contributed by atoms with Crippen LogP contribution in [0.15, 0.2) is 0 Å². The number of hydrogen-bond acceptors (Lipinski definition) is 5. The highest BCUT2D eigenvalue weighted by Gasteiger charge is 2.26. The van der Waals surface area contributed by atoms with Gasteiger partial charge >= 0.3 is 0 Å². The maximum absolute atomic E-state index is 11.7. The summed E-state index contributed by atoms with van der Waals surface area (Å²) in [7, 11) is -3.46. The third kappa shape index (κ3) is 6.32. The Morgan fingerprint density at radius 2 is 1.94 bits per heavy atom. The molecule has 0 aromatic carbocycles. The van der Waals surface area contributed by atoms with Crippen molar-refractivity contribution in [2.75, 3.05) is 24.7 Å². The topological polar surface area (TPSA) is 98.5 Å². The molecule has 0 saturated carbocycles. The van der Waals surface area contributed by atoms with Gasteiger partial charge in [0, 0.05) is 24.8 Å². The van der Waals surface area contributed by atoms with Gasteiger partial charge in [-0.25, -0.2) is 8.42 Å². The van der Waals surface area contributed by atoms with Crippen molar-refractivity contribution < 1.29 is 17.9 Å². The number of rotatable bonds is 5. The fraction of sp³-hybridized carbons (Fsp3) is 0.909. The molecular formula is C11H22N2O4S. The van der Waals surface area contributed by atoms with E-state index >= 15 is 0 Å². The van der Waals surface area contributed by atoms with Crippen LogP contribution in [0.2, 0.25) is 0 Å². The van der Waals surface area contributed by atoms with E-state index in [9.17, 15) is 13.2 Å². The second kappa shape index (κ2) is 5.99. The van der Waals surface area contributed by atoms with Gasteiger partial charge in [-0.05, 0) is 26.7 Å². The predicted octanol–water partition coefficient (Wildman–Crippen LogP) is -0.566. The van der Waals surface area contributed by atoms with Gasteiger partial charge in [-0.1, -0.05) is 0 Å². The zero-order chi connectivity index (χ0) is 13.8. The third-order valence-corrected chi connectivity index (χ3v) is 4.42. The molecule has 7 heteroatoms. The van der Waals surface area contributed by atoms with Gasteiger partial charge in [0.1, 0.15) is 5.75 Å². The molecule has 106 valence electrons. The van der Waals surface area contributed by atoms with Gasteiger partial charge in [0.2, 0.25) is 5.91 Å². The molecule has 0 spiro atoms. The minimum atomic E-state index is -3.46. The maximum Gasteiger partial charge on any atom is 0.235 e. The molecule has 0 aromatic rings. The highest BCUT2D eigenvalue weighted by atomic mass is 32.2. The van der Waals surface area contributed by atoms with E-state index in [1.165, 1.54) is 0 Å². The molecule has 0 aromatic heterocycles. The van der Waals surface area contributed by atoms with E-state index in [4.69, 9.17) is 10.5 Å². The Morgan fingerprint density at radius 1 is 1.39 bits per heavy atom. The highest BCUT2D eigenvalue weighted by molar-refractivity contribution is 7.92. The first-order valence-electron chi connectivity index (χ1n) is 6.04. The number of nitrogens with one attached hydrogen (secondary N) is 1. The van der Waals surface area contributed by atoms with Crippen molar-refractivity contribution in [1.29, 1.82) is 0 Å². The van der Waals surface area contributed by atoms with E-state index in [1.807, 2.05) is 0 Å². The number of sulfone groups is 1. The van der Waals surface area contributed by atoms with Gasteiger partial charge < -0.3 is 15.8 Å². The SMILES string of the molecule is CC(C)(N)CS(=O)(=O)CC(=O)NC1CCOCC1. The first kappa shape index (κ1) is 15.4. The first-order chi connectivity index (χ1) is 8.18. The number of carbonyl (C=O) groups excluding carboxylic acids is 1. The van der Waals surface area contributed by atoms with Crippen LogP contribution in [0.3, 0.4) is 0 Å². The molecule has 0 radical (unpaired) electrons. The summed E-state index contributed by atoms with van der Waals surface area (Å²) in [5.74, 6) is -1.14. The lowest BCUT2D eigenvalue weighted by Gasteiger charge is -2.23. The smallest absolute Gasteiger partial charge is 0.235 e.